The maximum Gasteiger partial charge on any atom is 0.183 e. The van der Waals surface area contributed by atoms with Gasteiger partial charge in [0.1, 0.15) is 12.2 Å². The predicted molar refractivity (Wildman–Crippen MR) is 81.9 cm³/mol. The lowest BCUT2D eigenvalue weighted by Crippen LogP contribution is -2.46. The molecule has 23 heavy (non-hydrogen) atoms. The Bertz CT molecular complexity index is 259. The quantitative estimate of drug-likeness (QED) is 0.132. The van der Waals surface area contributed by atoms with E-state index < -0.39 is 24.6 Å². The molecule has 0 bridgehead atoms. The highest BCUT2D eigenvalue weighted by Gasteiger charge is 2.30. The number of rotatable bonds is 16. The zero-order valence-electron chi connectivity index (χ0n) is 13.6. The summed E-state index contributed by atoms with van der Waals surface area (Å²) in [5.41, 5.74) is 0. The molecule has 4 atom stereocenters. The number of hydrogen-bond donors (Lipinski definition) is 6. The smallest absolute Gasteiger partial charge is 0.183 e. The second-order valence-corrected chi connectivity index (χ2v) is 4.90. The molecular formula is C14H31NO8. The van der Waals surface area contributed by atoms with E-state index in [2.05, 4.69) is 5.32 Å². The minimum atomic E-state index is -1.68. The second kappa shape index (κ2) is 15.2. The number of aliphatic hydroxyl groups excluding tert-OH is 5. The van der Waals surface area contributed by atoms with Gasteiger partial charge in [-0.25, -0.2) is 0 Å². The van der Waals surface area contributed by atoms with Gasteiger partial charge in [-0.3, -0.25) is 0 Å². The van der Waals surface area contributed by atoms with Crippen LogP contribution in [0.2, 0.25) is 0 Å². The number of likely N-dealkylation sites (N-methyl/N-ethyl adjacent to an activating group) is 1. The van der Waals surface area contributed by atoms with Crippen LogP contribution < -0.4 is 5.32 Å². The molecule has 0 saturated carbocycles. The fourth-order valence-electron chi connectivity index (χ4n) is 1.67. The van der Waals surface area contributed by atoms with Gasteiger partial charge in [-0.15, -0.1) is 0 Å². The van der Waals surface area contributed by atoms with Crippen LogP contribution in [0.25, 0.3) is 0 Å². The van der Waals surface area contributed by atoms with Gasteiger partial charge in [0.25, 0.3) is 0 Å². The van der Waals surface area contributed by atoms with Crippen molar-refractivity contribution >= 4 is 0 Å². The van der Waals surface area contributed by atoms with E-state index in [0.717, 1.165) is 13.1 Å². The fraction of sp³-hybridized carbons (Fsp3) is 1.00. The van der Waals surface area contributed by atoms with Crippen LogP contribution in [0.3, 0.4) is 0 Å². The van der Waals surface area contributed by atoms with Crippen molar-refractivity contribution in [1.29, 1.82) is 0 Å². The molecule has 0 aliphatic rings. The highest BCUT2D eigenvalue weighted by Crippen LogP contribution is 2.08. The SMILES string of the molecule is CCNCCOCCOCCOC(O)C(O)C(O)C(O)CCO. The van der Waals surface area contributed by atoms with E-state index in [4.69, 9.17) is 19.3 Å². The zero-order chi connectivity index (χ0) is 17.5. The molecule has 0 rings (SSSR count). The van der Waals surface area contributed by atoms with Crippen molar-refractivity contribution in [3.05, 3.63) is 0 Å². The first-order valence-electron chi connectivity index (χ1n) is 7.85. The molecule has 0 heterocycles. The van der Waals surface area contributed by atoms with Crippen molar-refractivity contribution in [3.8, 4) is 0 Å². The standard InChI is InChI=1S/C14H31NO8/c1-2-15-4-6-21-7-8-22-9-10-23-14(20)13(19)12(18)11(17)3-5-16/h11-20H,2-10H2,1H3. The van der Waals surface area contributed by atoms with E-state index in [0.29, 0.717) is 19.8 Å². The van der Waals surface area contributed by atoms with Crippen LogP contribution in [0, 0.1) is 0 Å². The van der Waals surface area contributed by atoms with Gasteiger partial charge < -0.3 is 45.1 Å². The summed E-state index contributed by atoms with van der Waals surface area (Å²) in [7, 11) is 0. The van der Waals surface area contributed by atoms with Gasteiger partial charge in [-0.2, -0.15) is 0 Å². The molecule has 0 aliphatic heterocycles. The molecule has 0 saturated heterocycles. The van der Waals surface area contributed by atoms with Crippen LogP contribution in [0.4, 0.5) is 0 Å². The molecule has 9 heteroatoms. The van der Waals surface area contributed by atoms with E-state index in [9.17, 15) is 20.4 Å². The molecule has 0 radical (unpaired) electrons. The molecule has 0 aromatic heterocycles. The van der Waals surface area contributed by atoms with E-state index in [1.165, 1.54) is 0 Å². The predicted octanol–water partition coefficient (Wildman–Crippen LogP) is -2.57. The largest absolute Gasteiger partial charge is 0.396 e. The third-order valence-corrected chi connectivity index (χ3v) is 3.02. The summed E-state index contributed by atoms with van der Waals surface area (Å²) in [6.07, 6.45) is -6.39. The fourth-order valence-corrected chi connectivity index (χ4v) is 1.67. The zero-order valence-corrected chi connectivity index (χ0v) is 13.6. The van der Waals surface area contributed by atoms with Crippen molar-refractivity contribution in [2.75, 3.05) is 52.7 Å². The highest BCUT2D eigenvalue weighted by molar-refractivity contribution is 4.77. The van der Waals surface area contributed by atoms with Crippen LogP contribution in [0.1, 0.15) is 13.3 Å². The Kier molecular flexibility index (Phi) is 14.9. The molecule has 140 valence electrons. The van der Waals surface area contributed by atoms with Gasteiger partial charge in [0.2, 0.25) is 0 Å². The monoisotopic (exact) mass is 341 g/mol. The average Bonchev–Trinajstić information content (AvgIpc) is 2.55. The summed E-state index contributed by atoms with van der Waals surface area (Å²) in [6, 6.07) is 0. The van der Waals surface area contributed by atoms with E-state index in [1.54, 1.807) is 0 Å². The van der Waals surface area contributed by atoms with Crippen molar-refractivity contribution < 1.29 is 39.7 Å². The minimum absolute atomic E-state index is 0.0123. The highest BCUT2D eigenvalue weighted by atomic mass is 16.6. The molecule has 9 nitrogen and oxygen atoms in total. The van der Waals surface area contributed by atoms with Gasteiger partial charge in [0.15, 0.2) is 6.29 Å². The van der Waals surface area contributed by atoms with Crippen molar-refractivity contribution in [1.82, 2.24) is 5.32 Å². The summed E-state index contributed by atoms with van der Waals surface area (Å²) in [5, 5.41) is 49.8. The lowest BCUT2D eigenvalue weighted by atomic mass is 10.1. The average molecular weight is 341 g/mol. The molecule has 0 spiro atoms. The van der Waals surface area contributed by atoms with Crippen molar-refractivity contribution in [2.45, 2.75) is 37.9 Å². The van der Waals surface area contributed by atoms with Crippen LogP contribution in [-0.2, 0) is 14.2 Å². The first-order chi connectivity index (χ1) is 11.0. The molecule has 4 unspecified atom stereocenters. The Morgan fingerprint density at radius 1 is 0.870 bits per heavy atom. The summed E-state index contributed by atoms with van der Waals surface area (Å²) in [4.78, 5) is 0. The van der Waals surface area contributed by atoms with Crippen molar-refractivity contribution in [2.24, 2.45) is 0 Å². The molecule has 0 fully saturated rings. The number of nitrogens with one attached hydrogen (secondary N) is 1. The molecule has 0 aromatic carbocycles. The molecule has 0 aliphatic carbocycles. The second-order valence-electron chi connectivity index (χ2n) is 4.90. The van der Waals surface area contributed by atoms with Gasteiger partial charge in [0.05, 0.1) is 39.1 Å². The summed E-state index contributed by atoms with van der Waals surface area (Å²) in [6.45, 7) is 4.99. The van der Waals surface area contributed by atoms with Gasteiger partial charge >= 0.3 is 0 Å². The Morgan fingerprint density at radius 3 is 2.09 bits per heavy atom. The van der Waals surface area contributed by atoms with E-state index in [-0.39, 0.29) is 26.2 Å². The van der Waals surface area contributed by atoms with Gasteiger partial charge in [-0.05, 0) is 13.0 Å². The Labute approximate surface area is 136 Å². The lowest BCUT2D eigenvalue weighted by Gasteiger charge is -2.26. The summed E-state index contributed by atoms with van der Waals surface area (Å²) in [5.74, 6) is 0. The normalized spacial score (nSPS) is 17.0. The first-order valence-corrected chi connectivity index (χ1v) is 7.85. The van der Waals surface area contributed by atoms with Crippen molar-refractivity contribution in [3.63, 3.8) is 0 Å². The number of hydrogen-bond acceptors (Lipinski definition) is 9. The van der Waals surface area contributed by atoms with Gasteiger partial charge in [0, 0.05) is 13.2 Å². The summed E-state index contributed by atoms with van der Waals surface area (Å²) < 4.78 is 15.4. The Hall–Kier alpha value is -0.360. The maximum atomic E-state index is 9.59. The molecule has 6 N–H and O–H groups in total. The van der Waals surface area contributed by atoms with Crippen LogP contribution >= 0.6 is 0 Å². The van der Waals surface area contributed by atoms with Gasteiger partial charge in [-0.1, -0.05) is 6.92 Å². The van der Waals surface area contributed by atoms with Crippen LogP contribution in [0.5, 0.6) is 0 Å². The maximum absolute atomic E-state index is 9.59. The molecule has 0 amide bonds. The lowest BCUT2D eigenvalue weighted by molar-refractivity contribution is -0.207. The minimum Gasteiger partial charge on any atom is -0.396 e. The Balaban J connectivity index is 3.56. The molecular weight excluding hydrogens is 310 g/mol. The van der Waals surface area contributed by atoms with Crippen LogP contribution in [-0.4, -0.2) is 103 Å². The number of ether oxygens (including phenoxy) is 3. The topological polar surface area (TPSA) is 141 Å². The van der Waals surface area contributed by atoms with E-state index in [1.807, 2.05) is 6.92 Å². The van der Waals surface area contributed by atoms with Crippen LogP contribution in [0.15, 0.2) is 0 Å². The third-order valence-electron chi connectivity index (χ3n) is 3.02. The van der Waals surface area contributed by atoms with E-state index >= 15 is 0 Å². The third kappa shape index (κ3) is 11.8. The Morgan fingerprint density at radius 2 is 1.48 bits per heavy atom. The summed E-state index contributed by atoms with van der Waals surface area (Å²) >= 11 is 0. The number of aliphatic hydroxyl groups is 5. The first kappa shape index (κ1) is 22.6. The molecule has 0 aromatic rings.